The van der Waals surface area contributed by atoms with E-state index in [0.717, 1.165) is 22.6 Å². The number of rotatable bonds is 28. The Morgan fingerprint density at radius 3 is 0.951 bits per heavy atom. The number of hydrogen-bond acceptors (Lipinski definition) is 10. The molecule has 0 aromatic carbocycles. The third-order valence-electron chi connectivity index (χ3n) is 6.54. The topological polar surface area (TPSA) is 203 Å². The lowest BCUT2D eigenvalue weighted by Crippen LogP contribution is -3.13. The summed E-state index contributed by atoms with van der Waals surface area (Å²) in [7, 11) is -4.75. The molecule has 0 unspecified atom stereocenters. The van der Waals surface area contributed by atoms with Gasteiger partial charge in [0.25, 0.3) is 0 Å². The van der Waals surface area contributed by atoms with Crippen molar-refractivity contribution in [2.75, 3.05) is 85.5 Å². The van der Waals surface area contributed by atoms with Gasteiger partial charge in [0.05, 0.1) is 54.1 Å². The zero-order chi connectivity index (χ0) is 31.5. The fraction of sp³-hybridized carbons (Fsp3) is 1.00. The van der Waals surface area contributed by atoms with Crippen LogP contribution < -0.4 is 19.6 Å². The van der Waals surface area contributed by atoms with E-state index in [-0.39, 0.29) is 46.2 Å². The summed E-state index contributed by atoms with van der Waals surface area (Å²) in [6.07, 6.45) is 17.4. The molecule has 252 valence electrons. The van der Waals surface area contributed by atoms with Crippen molar-refractivity contribution in [3.05, 3.63) is 0 Å². The van der Waals surface area contributed by atoms with Crippen LogP contribution in [0.2, 0.25) is 0 Å². The van der Waals surface area contributed by atoms with Gasteiger partial charge in [0.1, 0.15) is 39.3 Å². The number of nitrogens with one attached hydrogen (secondary N) is 2. The van der Waals surface area contributed by atoms with E-state index in [4.69, 9.17) is 30.6 Å². The molecule has 0 aliphatic heterocycles. The maximum absolute atomic E-state index is 10.2. The van der Waals surface area contributed by atoms with E-state index in [0.29, 0.717) is 45.7 Å². The average molecular weight is 621 g/mol. The normalized spacial score (nSPS) is 11.4. The summed E-state index contributed by atoms with van der Waals surface area (Å²) in [4.78, 5) is 22.5. The summed E-state index contributed by atoms with van der Waals surface area (Å²) in [6, 6.07) is 0. The zero-order valence-electron chi connectivity index (χ0n) is 25.9. The molecule has 0 heterocycles. The maximum Gasteiger partial charge on any atom is 0.101 e. The third-order valence-corrected chi connectivity index (χ3v) is 7.04. The minimum absolute atomic E-state index is 0.0440. The van der Waals surface area contributed by atoms with Gasteiger partial charge >= 0.3 is 0 Å². The van der Waals surface area contributed by atoms with Crippen LogP contribution in [0.15, 0.2) is 0 Å². The number of aliphatic hydroxyl groups excluding tert-OH is 6. The Bertz CT molecular complexity index is 472. The van der Waals surface area contributed by atoms with Crippen LogP contribution in [-0.2, 0) is 9.09 Å². The SMILES string of the molecule is CCCCCCCCCCCCCCCCOP(=O)([O-])[O-].OCC[NH+](CCO)CCO.OCC[NH+](CCO)CCO. The molecule has 0 aromatic heterocycles. The molecule has 0 saturated carbocycles. The highest BCUT2D eigenvalue weighted by Gasteiger charge is 2.05. The molecule has 0 fully saturated rings. The van der Waals surface area contributed by atoms with Gasteiger partial charge in [-0.05, 0) is 6.42 Å². The van der Waals surface area contributed by atoms with Gasteiger partial charge in [0.15, 0.2) is 0 Å². The molecule has 0 saturated heterocycles. The molecule has 0 bridgehead atoms. The van der Waals surface area contributed by atoms with E-state index in [9.17, 15) is 14.4 Å². The van der Waals surface area contributed by atoms with Crippen molar-refractivity contribution >= 4 is 7.82 Å². The first-order chi connectivity index (χ1) is 19.8. The fourth-order valence-electron chi connectivity index (χ4n) is 4.17. The molecule has 0 rings (SSSR count). The van der Waals surface area contributed by atoms with Gasteiger partial charge < -0.3 is 59.3 Å². The Hall–Kier alpha value is -0.210. The highest BCUT2D eigenvalue weighted by molar-refractivity contribution is 7.43. The molecule has 0 aliphatic carbocycles. The summed E-state index contributed by atoms with van der Waals surface area (Å²) < 4.78 is 14.4. The minimum Gasteiger partial charge on any atom is -0.790 e. The molecule has 8 N–H and O–H groups in total. The van der Waals surface area contributed by atoms with Crippen molar-refractivity contribution in [2.24, 2.45) is 0 Å². The summed E-state index contributed by atoms with van der Waals surface area (Å²) in [6.45, 7) is 6.52. The van der Waals surface area contributed by atoms with Gasteiger partial charge in [-0.15, -0.1) is 0 Å². The first kappa shape index (κ1) is 45.2. The van der Waals surface area contributed by atoms with Crippen LogP contribution in [0.4, 0.5) is 0 Å². The van der Waals surface area contributed by atoms with E-state index in [1.165, 1.54) is 70.6 Å². The number of phosphoric acid groups is 1. The van der Waals surface area contributed by atoms with Crippen molar-refractivity contribution in [3.63, 3.8) is 0 Å². The second kappa shape index (κ2) is 37.8. The van der Waals surface area contributed by atoms with Crippen LogP contribution in [0, 0.1) is 0 Å². The summed E-state index contributed by atoms with van der Waals surface area (Å²) in [5.74, 6) is 0. The van der Waals surface area contributed by atoms with Crippen molar-refractivity contribution in [2.45, 2.75) is 96.8 Å². The number of quaternary nitrogens is 2. The molecule has 0 radical (unpaired) electrons. The molecular weight excluding hydrogens is 555 g/mol. The smallest absolute Gasteiger partial charge is 0.101 e. The fourth-order valence-corrected chi connectivity index (χ4v) is 4.52. The third kappa shape index (κ3) is 44.4. The van der Waals surface area contributed by atoms with Crippen LogP contribution in [0.25, 0.3) is 0 Å². The minimum atomic E-state index is -4.75. The van der Waals surface area contributed by atoms with Gasteiger partial charge in [-0.2, -0.15) is 0 Å². The molecule has 41 heavy (non-hydrogen) atoms. The Balaban J connectivity index is -0.000000601. The van der Waals surface area contributed by atoms with Gasteiger partial charge in [0.2, 0.25) is 0 Å². The molecule has 12 nitrogen and oxygen atoms in total. The predicted octanol–water partition coefficient (Wildman–Crippen LogP) is -1.99. The number of hydrogen-bond donors (Lipinski definition) is 8. The average Bonchev–Trinajstić information content (AvgIpc) is 2.92. The Labute approximate surface area is 249 Å². The molecule has 0 aromatic rings. The van der Waals surface area contributed by atoms with Crippen LogP contribution >= 0.6 is 7.82 Å². The van der Waals surface area contributed by atoms with Gasteiger partial charge in [-0.1, -0.05) is 90.4 Å². The molecule has 0 aliphatic rings. The monoisotopic (exact) mass is 620 g/mol. The number of unbranched alkanes of at least 4 members (excludes halogenated alkanes) is 13. The highest BCUT2D eigenvalue weighted by Crippen LogP contribution is 2.24. The van der Waals surface area contributed by atoms with E-state index < -0.39 is 7.82 Å². The van der Waals surface area contributed by atoms with Crippen LogP contribution in [-0.4, -0.2) is 116 Å². The van der Waals surface area contributed by atoms with E-state index in [1.807, 2.05) is 0 Å². The van der Waals surface area contributed by atoms with Gasteiger partial charge in [-0.3, -0.25) is 0 Å². The van der Waals surface area contributed by atoms with E-state index >= 15 is 0 Å². The number of phosphoric ester groups is 1. The molecular formula is C28H65N2O10P. The van der Waals surface area contributed by atoms with Crippen molar-refractivity contribution in [1.29, 1.82) is 0 Å². The summed E-state index contributed by atoms with van der Waals surface area (Å²) in [5, 5.41) is 51.0. The predicted molar refractivity (Wildman–Crippen MR) is 158 cm³/mol. The van der Waals surface area contributed by atoms with Crippen LogP contribution in [0.5, 0.6) is 0 Å². The van der Waals surface area contributed by atoms with E-state index in [2.05, 4.69) is 11.4 Å². The maximum atomic E-state index is 10.2. The lowest BCUT2D eigenvalue weighted by Gasteiger charge is -2.28. The van der Waals surface area contributed by atoms with Crippen molar-refractivity contribution in [3.8, 4) is 0 Å². The first-order valence-electron chi connectivity index (χ1n) is 15.7. The molecule has 0 amide bonds. The van der Waals surface area contributed by atoms with Gasteiger partial charge in [0, 0.05) is 0 Å². The summed E-state index contributed by atoms with van der Waals surface area (Å²) in [5.41, 5.74) is 0. The lowest BCUT2D eigenvalue weighted by atomic mass is 10.0. The zero-order valence-corrected chi connectivity index (χ0v) is 26.7. The number of aliphatic hydroxyl groups is 6. The largest absolute Gasteiger partial charge is 0.790 e. The molecule has 0 atom stereocenters. The quantitative estimate of drug-likeness (QED) is 0.0357. The Kier molecular flexibility index (Phi) is 41.7. The Morgan fingerprint density at radius 1 is 0.488 bits per heavy atom. The molecule has 13 heteroatoms. The van der Waals surface area contributed by atoms with Crippen molar-refractivity contribution in [1.82, 2.24) is 0 Å². The standard InChI is InChI=1S/C16H35O4P.2C6H15NO3/c1-2-3-4-5-6-7-8-9-10-11-12-13-14-15-16-20-21(17,18)19;2*8-4-1-7(2-5-9)3-6-10/h2-16H2,1H3,(H2,17,18,19);2*8-10H,1-6H2. The highest BCUT2D eigenvalue weighted by atomic mass is 31.2. The van der Waals surface area contributed by atoms with Gasteiger partial charge in [-0.25, -0.2) is 0 Å². The van der Waals surface area contributed by atoms with Crippen LogP contribution in [0.1, 0.15) is 96.8 Å². The van der Waals surface area contributed by atoms with Crippen molar-refractivity contribution < 1.29 is 59.3 Å². The second-order valence-electron chi connectivity index (χ2n) is 10.2. The second-order valence-corrected chi connectivity index (χ2v) is 11.4. The van der Waals surface area contributed by atoms with E-state index in [1.54, 1.807) is 0 Å². The lowest BCUT2D eigenvalue weighted by molar-refractivity contribution is -0.901. The Morgan fingerprint density at radius 2 is 0.732 bits per heavy atom. The summed E-state index contributed by atoms with van der Waals surface area (Å²) >= 11 is 0. The molecule has 0 spiro atoms. The first-order valence-corrected chi connectivity index (χ1v) is 17.2. The van der Waals surface area contributed by atoms with Crippen LogP contribution in [0.3, 0.4) is 0 Å².